The van der Waals surface area contributed by atoms with Gasteiger partial charge in [0.2, 0.25) is 5.91 Å². The third kappa shape index (κ3) is 9.80. The van der Waals surface area contributed by atoms with E-state index in [1.54, 1.807) is 21.6 Å². The first kappa shape index (κ1) is 17.1. The van der Waals surface area contributed by atoms with Gasteiger partial charge in [-0.15, -0.1) is 0 Å². The number of aliphatic hydroxyl groups excluding tert-OH is 1. The van der Waals surface area contributed by atoms with E-state index in [1.165, 1.54) is 0 Å². The minimum atomic E-state index is 0.195. The van der Waals surface area contributed by atoms with E-state index in [0.717, 1.165) is 43.7 Å². The van der Waals surface area contributed by atoms with Gasteiger partial charge in [0.15, 0.2) is 0 Å². The summed E-state index contributed by atoms with van der Waals surface area (Å²) in [5.41, 5.74) is 0. The van der Waals surface area contributed by atoms with E-state index >= 15 is 0 Å². The molecule has 0 unspecified atom stereocenters. The van der Waals surface area contributed by atoms with E-state index in [2.05, 4.69) is 19.2 Å². The van der Waals surface area contributed by atoms with Crippen molar-refractivity contribution in [2.24, 2.45) is 5.92 Å². The SMILES string of the molecule is CCCC(CCC)C(=O)NCCSSCCO. The average Bonchev–Trinajstić information content (AvgIpc) is 2.33. The fourth-order valence-corrected chi connectivity index (χ4v) is 3.30. The predicted molar refractivity (Wildman–Crippen MR) is 78.3 cm³/mol. The molecule has 17 heavy (non-hydrogen) atoms. The number of carbonyl (C=O) groups excluding carboxylic acids is 1. The molecule has 0 aliphatic carbocycles. The maximum atomic E-state index is 11.8. The van der Waals surface area contributed by atoms with Gasteiger partial charge in [-0.2, -0.15) is 0 Å². The van der Waals surface area contributed by atoms with Crippen LogP contribution in [0.1, 0.15) is 39.5 Å². The molecule has 0 aromatic carbocycles. The molecule has 0 atom stereocenters. The Morgan fingerprint density at radius 3 is 2.29 bits per heavy atom. The molecule has 1 amide bonds. The quantitative estimate of drug-likeness (QED) is 0.451. The van der Waals surface area contributed by atoms with Crippen molar-refractivity contribution in [3.05, 3.63) is 0 Å². The lowest BCUT2D eigenvalue weighted by Crippen LogP contribution is -2.32. The Morgan fingerprint density at radius 1 is 1.18 bits per heavy atom. The number of carbonyl (C=O) groups is 1. The number of hydrogen-bond acceptors (Lipinski definition) is 4. The highest BCUT2D eigenvalue weighted by molar-refractivity contribution is 8.76. The Hall–Kier alpha value is 0.130. The summed E-state index contributed by atoms with van der Waals surface area (Å²) in [4.78, 5) is 11.8. The lowest BCUT2D eigenvalue weighted by atomic mass is 9.97. The van der Waals surface area contributed by atoms with E-state index in [-0.39, 0.29) is 18.4 Å². The monoisotopic (exact) mass is 279 g/mol. The summed E-state index contributed by atoms with van der Waals surface area (Å²) in [5.74, 6) is 2.07. The predicted octanol–water partition coefficient (Wildman–Crippen LogP) is 2.69. The van der Waals surface area contributed by atoms with Crippen molar-refractivity contribution < 1.29 is 9.90 Å². The zero-order chi connectivity index (χ0) is 12.9. The molecule has 5 heteroatoms. The highest BCUT2D eigenvalue weighted by atomic mass is 33.1. The smallest absolute Gasteiger partial charge is 0.223 e. The van der Waals surface area contributed by atoms with Crippen molar-refractivity contribution in [1.29, 1.82) is 0 Å². The molecule has 102 valence electrons. The topological polar surface area (TPSA) is 49.3 Å². The Balaban J connectivity index is 3.59. The minimum Gasteiger partial charge on any atom is -0.395 e. The normalized spacial score (nSPS) is 10.8. The maximum absolute atomic E-state index is 11.8. The van der Waals surface area contributed by atoms with Crippen LogP contribution in [-0.4, -0.2) is 35.7 Å². The molecule has 0 aromatic heterocycles. The second kappa shape index (κ2) is 12.6. The second-order valence-corrected chi connectivity index (χ2v) is 6.63. The first-order valence-electron chi connectivity index (χ1n) is 6.39. The summed E-state index contributed by atoms with van der Waals surface area (Å²) in [6.45, 7) is 5.19. The molecule has 0 fully saturated rings. The van der Waals surface area contributed by atoms with Crippen molar-refractivity contribution >= 4 is 27.5 Å². The van der Waals surface area contributed by atoms with Crippen molar-refractivity contribution in [1.82, 2.24) is 5.32 Å². The molecule has 3 nitrogen and oxygen atoms in total. The van der Waals surface area contributed by atoms with Gasteiger partial charge in [-0.1, -0.05) is 48.3 Å². The molecule has 0 bridgehead atoms. The van der Waals surface area contributed by atoms with Gasteiger partial charge in [0.1, 0.15) is 0 Å². The van der Waals surface area contributed by atoms with Crippen LogP contribution in [0.15, 0.2) is 0 Å². The fraction of sp³-hybridized carbons (Fsp3) is 0.917. The summed E-state index contributed by atoms with van der Waals surface area (Å²) in [7, 11) is 3.35. The summed E-state index contributed by atoms with van der Waals surface area (Å²) in [5, 5.41) is 11.6. The maximum Gasteiger partial charge on any atom is 0.223 e. The number of nitrogens with one attached hydrogen (secondary N) is 1. The van der Waals surface area contributed by atoms with Crippen LogP contribution < -0.4 is 5.32 Å². The second-order valence-electron chi connectivity index (χ2n) is 3.93. The van der Waals surface area contributed by atoms with Crippen molar-refractivity contribution in [2.75, 3.05) is 24.7 Å². The molecule has 0 saturated carbocycles. The van der Waals surface area contributed by atoms with Crippen LogP contribution >= 0.6 is 21.6 Å². The molecular formula is C12H25NO2S2. The molecule has 0 rings (SSSR count). The highest BCUT2D eigenvalue weighted by Crippen LogP contribution is 2.19. The summed E-state index contributed by atoms with van der Waals surface area (Å²) < 4.78 is 0. The fourth-order valence-electron chi connectivity index (χ4n) is 1.62. The largest absolute Gasteiger partial charge is 0.395 e. The van der Waals surface area contributed by atoms with Crippen LogP contribution in [0.2, 0.25) is 0 Å². The number of rotatable bonds is 11. The molecule has 2 N–H and O–H groups in total. The van der Waals surface area contributed by atoms with Crippen LogP contribution in [0.3, 0.4) is 0 Å². The van der Waals surface area contributed by atoms with Gasteiger partial charge in [0.25, 0.3) is 0 Å². The Bertz CT molecular complexity index is 185. The lowest BCUT2D eigenvalue weighted by Gasteiger charge is -2.14. The van der Waals surface area contributed by atoms with Gasteiger partial charge >= 0.3 is 0 Å². The Morgan fingerprint density at radius 2 is 1.76 bits per heavy atom. The van der Waals surface area contributed by atoms with Crippen molar-refractivity contribution in [3.63, 3.8) is 0 Å². The summed E-state index contributed by atoms with van der Waals surface area (Å²) >= 11 is 0. The van der Waals surface area contributed by atoms with Crippen molar-refractivity contribution in [2.45, 2.75) is 39.5 Å². The number of aliphatic hydroxyl groups is 1. The van der Waals surface area contributed by atoms with Gasteiger partial charge in [-0.05, 0) is 12.8 Å². The molecule has 0 spiro atoms. The molecule has 0 saturated heterocycles. The Labute approximate surface area is 113 Å². The summed E-state index contributed by atoms with van der Waals surface area (Å²) in [6, 6.07) is 0. The zero-order valence-corrected chi connectivity index (χ0v) is 12.5. The lowest BCUT2D eigenvalue weighted by molar-refractivity contribution is -0.125. The molecule has 0 radical (unpaired) electrons. The van der Waals surface area contributed by atoms with Gasteiger partial charge in [-0.3, -0.25) is 4.79 Å². The third-order valence-electron chi connectivity index (χ3n) is 2.39. The first-order chi connectivity index (χ1) is 8.26. The number of amides is 1. The van der Waals surface area contributed by atoms with Gasteiger partial charge in [-0.25, -0.2) is 0 Å². The number of hydrogen-bond donors (Lipinski definition) is 2. The highest BCUT2D eigenvalue weighted by Gasteiger charge is 2.15. The molecule has 0 aromatic rings. The van der Waals surface area contributed by atoms with Gasteiger partial charge in [0, 0.05) is 24.0 Å². The van der Waals surface area contributed by atoms with Crippen molar-refractivity contribution in [3.8, 4) is 0 Å². The minimum absolute atomic E-state index is 0.195. The zero-order valence-electron chi connectivity index (χ0n) is 10.9. The summed E-state index contributed by atoms with van der Waals surface area (Å²) in [6.07, 6.45) is 4.12. The molecular weight excluding hydrogens is 254 g/mol. The van der Waals surface area contributed by atoms with E-state index < -0.39 is 0 Å². The molecule has 0 heterocycles. The van der Waals surface area contributed by atoms with Gasteiger partial charge in [0.05, 0.1) is 6.61 Å². The van der Waals surface area contributed by atoms with E-state index in [0.29, 0.717) is 0 Å². The first-order valence-corrected chi connectivity index (χ1v) is 8.88. The van der Waals surface area contributed by atoms with Crippen LogP contribution in [0.25, 0.3) is 0 Å². The molecule has 0 aliphatic rings. The van der Waals surface area contributed by atoms with Gasteiger partial charge < -0.3 is 10.4 Å². The Kier molecular flexibility index (Phi) is 12.7. The van der Waals surface area contributed by atoms with E-state index in [9.17, 15) is 4.79 Å². The van der Waals surface area contributed by atoms with Crippen LogP contribution in [0, 0.1) is 5.92 Å². The molecule has 0 aliphatic heterocycles. The van der Waals surface area contributed by atoms with Crippen LogP contribution in [-0.2, 0) is 4.79 Å². The van der Waals surface area contributed by atoms with E-state index in [4.69, 9.17) is 5.11 Å². The average molecular weight is 279 g/mol. The van der Waals surface area contributed by atoms with E-state index in [1.807, 2.05) is 0 Å². The van der Waals surface area contributed by atoms with Crippen LogP contribution in [0.4, 0.5) is 0 Å². The third-order valence-corrected chi connectivity index (χ3v) is 4.77. The standard InChI is InChI=1S/C12H25NO2S2/c1-3-5-11(6-4-2)12(15)13-7-9-16-17-10-8-14/h11,14H,3-10H2,1-2H3,(H,13,15). The van der Waals surface area contributed by atoms with Crippen LogP contribution in [0.5, 0.6) is 0 Å².